The first-order valence-corrected chi connectivity index (χ1v) is 7.67. The Balaban J connectivity index is 2.87. The summed E-state index contributed by atoms with van der Waals surface area (Å²) in [6.07, 6.45) is 2.36. The van der Waals surface area contributed by atoms with Crippen molar-refractivity contribution < 1.29 is 0 Å². The monoisotopic (exact) mass is 262 g/mol. The van der Waals surface area contributed by atoms with E-state index in [0.29, 0.717) is 18.5 Å². The number of nitrogens with two attached hydrogens (primary N) is 1. The van der Waals surface area contributed by atoms with Crippen LogP contribution < -0.4 is 5.73 Å². The molecule has 1 atom stereocenters. The molecule has 1 aromatic carbocycles. The first kappa shape index (κ1) is 16.2. The summed E-state index contributed by atoms with van der Waals surface area (Å²) in [6, 6.07) is 9.37. The molecule has 1 aromatic rings. The summed E-state index contributed by atoms with van der Waals surface area (Å²) in [6.45, 7) is 11.9. The van der Waals surface area contributed by atoms with Crippen molar-refractivity contribution >= 4 is 0 Å². The number of benzene rings is 1. The number of hydrogen-bond acceptors (Lipinski definition) is 2. The predicted octanol–water partition coefficient (Wildman–Crippen LogP) is 3.93. The zero-order valence-electron chi connectivity index (χ0n) is 13.0. The Bertz CT molecular complexity index is 337. The molecule has 0 fully saturated rings. The second kappa shape index (κ2) is 8.34. The number of nitrogens with zero attached hydrogens (tertiary/aromatic N) is 1. The van der Waals surface area contributed by atoms with Crippen molar-refractivity contribution in [2.45, 2.75) is 52.5 Å². The van der Waals surface area contributed by atoms with Crippen LogP contribution in [0.4, 0.5) is 0 Å². The molecule has 2 heteroatoms. The lowest BCUT2D eigenvalue weighted by Gasteiger charge is -2.31. The molecule has 2 N–H and O–H groups in total. The normalized spacial score (nSPS) is 13.2. The minimum absolute atomic E-state index is 0.362. The van der Waals surface area contributed by atoms with Gasteiger partial charge in [-0.2, -0.15) is 0 Å². The van der Waals surface area contributed by atoms with Gasteiger partial charge in [0.2, 0.25) is 0 Å². The fraction of sp³-hybridized carbons (Fsp3) is 0.647. The SMILES string of the molecule is CCCN(CCC)C(CN)c1ccc(C(C)C)cc1. The smallest absolute Gasteiger partial charge is 0.0470 e. The maximum absolute atomic E-state index is 6.02. The van der Waals surface area contributed by atoms with Crippen molar-refractivity contribution in [1.82, 2.24) is 4.90 Å². The van der Waals surface area contributed by atoms with Gasteiger partial charge in [-0.3, -0.25) is 4.90 Å². The molecule has 108 valence electrons. The molecule has 0 bridgehead atoms. The Kier molecular flexibility index (Phi) is 7.11. The van der Waals surface area contributed by atoms with Gasteiger partial charge in [0.15, 0.2) is 0 Å². The summed E-state index contributed by atoms with van der Waals surface area (Å²) in [5.74, 6) is 0.591. The molecule has 1 unspecified atom stereocenters. The third kappa shape index (κ3) is 4.63. The Morgan fingerprint density at radius 3 is 1.79 bits per heavy atom. The van der Waals surface area contributed by atoms with Crippen molar-refractivity contribution in [3.05, 3.63) is 35.4 Å². The second-order valence-electron chi connectivity index (χ2n) is 5.61. The zero-order valence-corrected chi connectivity index (χ0v) is 13.0. The minimum Gasteiger partial charge on any atom is -0.329 e. The Labute approximate surface area is 119 Å². The van der Waals surface area contributed by atoms with Crippen LogP contribution in [0, 0.1) is 0 Å². The van der Waals surface area contributed by atoms with E-state index < -0.39 is 0 Å². The van der Waals surface area contributed by atoms with E-state index in [-0.39, 0.29) is 0 Å². The molecule has 0 saturated heterocycles. The van der Waals surface area contributed by atoms with E-state index in [1.165, 1.54) is 24.0 Å². The minimum atomic E-state index is 0.362. The summed E-state index contributed by atoms with van der Waals surface area (Å²) in [4.78, 5) is 2.52. The van der Waals surface area contributed by atoms with E-state index >= 15 is 0 Å². The average molecular weight is 262 g/mol. The van der Waals surface area contributed by atoms with Gasteiger partial charge in [-0.05, 0) is 43.0 Å². The maximum atomic E-state index is 6.02. The third-order valence-electron chi connectivity index (χ3n) is 3.67. The van der Waals surface area contributed by atoms with Crippen LogP contribution in [0.1, 0.15) is 63.6 Å². The molecule has 2 nitrogen and oxygen atoms in total. The van der Waals surface area contributed by atoms with Crippen molar-refractivity contribution in [1.29, 1.82) is 0 Å². The van der Waals surface area contributed by atoms with Crippen LogP contribution >= 0.6 is 0 Å². The summed E-state index contributed by atoms with van der Waals surface area (Å²) >= 11 is 0. The number of rotatable bonds is 8. The summed E-state index contributed by atoms with van der Waals surface area (Å²) < 4.78 is 0. The van der Waals surface area contributed by atoms with Gasteiger partial charge >= 0.3 is 0 Å². The van der Waals surface area contributed by atoms with Crippen LogP contribution in [0.2, 0.25) is 0 Å². The highest BCUT2D eigenvalue weighted by atomic mass is 15.2. The molecule has 0 aliphatic carbocycles. The lowest BCUT2D eigenvalue weighted by molar-refractivity contribution is 0.202. The lowest BCUT2D eigenvalue weighted by atomic mass is 9.98. The van der Waals surface area contributed by atoms with E-state index in [9.17, 15) is 0 Å². The molecule has 0 aliphatic heterocycles. The van der Waals surface area contributed by atoms with Crippen molar-refractivity contribution in [2.75, 3.05) is 19.6 Å². The fourth-order valence-electron chi connectivity index (χ4n) is 2.60. The van der Waals surface area contributed by atoms with Crippen LogP contribution in [0.5, 0.6) is 0 Å². The molecule has 1 rings (SSSR count). The Morgan fingerprint density at radius 2 is 1.42 bits per heavy atom. The average Bonchev–Trinajstić information content (AvgIpc) is 2.40. The van der Waals surface area contributed by atoms with Gasteiger partial charge in [0.25, 0.3) is 0 Å². The molecule has 0 aromatic heterocycles. The van der Waals surface area contributed by atoms with E-state index in [2.05, 4.69) is 56.9 Å². The molecule has 0 aliphatic rings. The molecule has 0 heterocycles. The molecular formula is C17H30N2. The quantitative estimate of drug-likeness (QED) is 0.769. The first-order chi connectivity index (χ1) is 9.13. The van der Waals surface area contributed by atoms with Crippen LogP contribution in [0.3, 0.4) is 0 Å². The standard InChI is InChI=1S/C17H30N2/c1-5-11-19(12-6-2)17(13-18)16-9-7-15(8-10-16)14(3)4/h7-10,14,17H,5-6,11-13,18H2,1-4H3. The zero-order chi connectivity index (χ0) is 14.3. The van der Waals surface area contributed by atoms with Gasteiger partial charge in [0.05, 0.1) is 0 Å². The fourth-order valence-corrected chi connectivity index (χ4v) is 2.60. The molecule has 0 spiro atoms. The Morgan fingerprint density at radius 1 is 0.947 bits per heavy atom. The van der Waals surface area contributed by atoms with Gasteiger partial charge in [0.1, 0.15) is 0 Å². The summed E-state index contributed by atoms with van der Waals surface area (Å²) in [5.41, 5.74) is 8.78. The van der Waals surface area contributed by atoms with E-state index in [0.717, 1.165) is 13.1 Å². The van der Waals surface area contributed by atoms with E-state index in [4.69, 9.17) is 5.73 Å². The largest absolute Gasteiger partial charge is 0.329 e. The Hall–Kier alpha value is -0.860. The van der Waals surface area contributed by atoms with Gasteiger partial charge in [-0.25, -0.2) is 0 Å². The first-order valence-electron chi connectivity index (χ1n) is 7.67. The van der Waals surface area contributed by atoms with Gasteiger partial charge < -0.3 is 5.73 Å². The maximum Gasteiger partial charge on any atom is 0.0470 e. The molecule has 0 amide bonds. The van der Waals surface area contributed by atoms with Gasteiger partial charge in [-0.15, -0.1) is 0 Å². The molecule has 0 radical (unpaired) electrons. The van der Waals surface area contributed by atoms with Crippen LogP contribution in [0.15, 0.2) is 24.3 Å². The van der Waals surface area contributed by atoms with E-state index in [1.807, 2.05) is 0 Å². The lowest BCUT2D eigenvalue weighted by Crippen LogP contribution is -2.35. The topological polar surface area (TPSA) is 29.3 Å². The van der Waals surface area contributed by atoms with E-state index in [1.54, 1.807) is 0 Å². The summed E-state index contributed by atoms with van der Waals surface area (Å²) in [5, 5.41) is 0. The van der Waals surface area contributed by atoms with Crippen LogP contribution in [0.25, 0.3) is 0 Å². The number of hydrogen-bond donors (Lipinski definition) is 1. The predicted molar refractivity (Wildman–Crippen MR) is 84.5 cm³/mol. The van der Waals surface area contributed by atoms with Crippen molar-refractivity contribution in [3.63, 3.8) is 0 Å². The van der Waals surface area contributed by atoms with Crippen LogP contribution in [-0.2, 0) is 0 Å². The molecule has 0 saturated carbocycles. The molecule has 19 heavy (non-hydrogen) atoms. The highest BCUT2D eigenvalue weighted by Crippen LogP contribution is 2.23. The van der Waals surface area contributed by atoms with Gasteiger partial charge in [0, 0.05) is 12.6 Å². The highest BCUT2D eigenvalue weighted by Gasteiger charge is 2.17. The molecular weight excluding hydrogens is 232 g/mol. The summed E-state index contributed by atoms with van der Waals surface area (Å²) in [7, 11) is 0. The van der Waals surface area contributed by atoms with Crippen LogP contribution in [-0.4, -0.2) is 24.5 Å². The third-order valence-corrected chi connectivity index (χ3v) is 3.67. The van der Waals surface area contributed by atoms with Crippen molar-refractivity contribution in [3.8, 4) is 0 Å². The van der Waals surface area contributed by atoms with Gasteiger partial charge in [-0.1, -0.05) is 52.0 Å². The van der Waals surface area contributed by atoms with Crippen molar-refractivity contribution in [2.24, 2.45) is 5.73 Å². The highest BCUT2D eigenvalue weighted by molar-refractivity contribution is 5.27. The second-order valence-corrected chi connectivity index (χ2v) is 5.61.